The zero-order valence-corrected chi connectivity index (χ0v) is 10.9. The van der Waals surface area contributed by atoms with Crippen LogP contribution in [0, 0.1) is 0 Å². The molecule has 0 heterocycles. The number of hydrogen-bond donors (Lipinski definition) is 0. The van der Waals surface area contributed by atoms with Gasteiger partial charge in [-0.1, -0.05) is 0 Å². The van der Waals surface area contributed by atoms with E-state index in [2.05, 4.69) is 9.47 Å². The Hall–Kier alpha value is -2.37. The van der Waals surface area contributed by atoms with Crippen molar-refractivity contribution in [3.63, 3.8) is 0 Å². The number of carbonyl (C=O) groups is 3. The molecule has 6 heteroatoms. The molecule has 1 aromatic carbocycles. The summed E-state index contributed by atoms with van der Waals surface area (Å²) in [6, 6.07) is 3.90. The van der Waals surface area contributed by atoms with Crippen LogP contribution in [0.25, 0.3) is 0 Å². The van der Waals surface area contributed by atoms with E-state index in [-0.39, 0.29) is 23.3 Å². The molecule has 0 saturated heterocycles. The van der Waals surface area contributed by atoms with Crippen LogP contribution in [0.4, 0.5) is 0 Å². The van der Waals surface area contributed by atoms with E-state index < -0.39 is 17.9 Å². The zero-order chi connectivity index (χ0) is 14.4. The lowest BCUT2D eigenvalue weighted by Crippen LogP contribution is -2.11. The van der Waals surface area contributed by atoms with Crippen LogP contribution >= 0.6 is 0 Å². The van der Waals surface area contributed by atoms with Crippen molar-refractivity contribution in [2.75, 3.05) is 20.8 Å². The Bertz CT molecular complexity index is 472. The van der Waals surface area contributed by atoms with Gasteiger partial charge >= 0.3 is 17.9 Å². The number of esters is 3. The molecule has 1 rings (SSSR count). The van der Waals surface area contributed by atoms with Crippen LogP contribution < -0.4 is 0 Å². The topological polar surface area (TPSA) is 78.9 Å². The van der Waals surface area contributed by atoms with Crippen molar-refractivity contribution in [2.45, 2.75) is 6.92 Å². The molecule has 19 heavy (non-hydrogen) atoms. The van der Waals surface area contributed by atoms with Crippen molar-refractivity contribution in [1.29, 1.82) is 0 Å². The predicted octanol–water partition coefficient (Wildman–Crippen LogP) is 1.44. The summed E-state index contributed by atoms with van der Waals surface area (Å²) in [4.78, 5) is 34.6. The maximum Gasteiger partial charge on any atom is 0.338 e. The third-order valence-corrected chi connectivity index (χ3v) is 2.29. The first-order valence-corrected chi connectivity index (χ1v) is 5.52. The minimum absolute atomic E-state index is 0.0773. The molecule has 0 N–H and O–H groups in total. The Kier molecular flexibility index (Phi) is 5.05. The minimum Gasteiger partial charge on any atom is -0.465 e. The van der Waals surface area contributed by atoms with Crippen molar-refractivity contribution < 1.29 is 28.6 Å². The molecule has 6 nitrogen and oxygen atoms in total. The molecular weight excluding hydrogens is 252 g/mol. The average molecular weight is 266 g/mol. The van der Waals surface area contributed by atoms with Crippen LogP contribution in [-0.2, 0) is 14.2 Å². The first kappa shape index (κ1) is 14.7. The van der Waals surface area contributed by atoms with Gasteiger partial charge in [0, 0.05) is 0 Å². The van der Waals surface area contributed by atoms with E-state index in [0.717, 1.165) is 0 Å². The highest BCUT2D eigenvalue weighted by atomic mass is 16.5. The highest BCUT2D eigenvalue weighted by Gasteiger charge is 2.17. The van der Waals surface area contributed by atoms with Crippen molar-refractivity contribution in [1.82, 2.24) is 0 Å². The van der Waals surface area contributed by atoms with Gasteiger partial charge in [-0.15, -0.1) is 0 Å². The first-order valence-electron chi connectivity index (χ1n) is 5.52. The van der Waals surface area contributed by atoms with Crippen LogP contribution in [0.5, 0.6) is 0 Å². The van der Waals surface area contributed by atoms with Crippen molar-refractivity contribution in [2.24, 2.45) is 0 Å². The first-order chi connectivity index (χ1) is 9.03. The van der Waals surface area contributed by atoms with Gasteiger partial charge < -0.3 is 14.2 Å². The summed E-state index contributed by atoms with van der Waals surface area (Å²) in [5, 5.41) is 0. The Morgan fingerprint density at radius 1 is 0.842 bits per heavy atom. The molecule has 0 unspecified atom stereocenters. The zero-order valence-electron chi connectivity index (χ0n) is 10.9. The van der Waals surface area contributed by atoms with Crippen molar-refractivity contribution in [3.05, 3.63) is 34.9 Å². The molecule has 0 atom stereocenters. The second-order valence-electron chi connectivity index (χ2n) is 3.50. The van der Waals surface area contributed by atoms with E-state index in [9.17, 15) is 14.4 Å². The van der Waals surface area contributed by atoms with Crippen LogP contribution in [0.15, 0.2) is 18.2 Å². The van der Waals surface area contributed by atoms with E-state index in [1.807, 2.05) is 0 Å². The summed E-state index contributed by atoms with van der Waals surface area (Å²) in [6.45, 7) is 1.85. The molecule has 102 valence electrons. The minimum atomic E-state index is -0.656. The largest absolute Gasteiger partial charge is 0.465 e. The molecule has 0 aliphatic carbocycles. The summed E-state index contributed by atoms with van der Waals surface area (Å²) in [5.74, 6) is -1.94. The Labute approximate surface area is 110 Å². The third kappa shape index (κ3) is 3.54. The summed E-state index contributed by atoms with van der Waals surface area (Å²) in [7, 11) is 2.41. The predicted molar refractivity (Wildman–Crippen MR) is 65.1 cm³/mol. The Morgan fingerprint density at radius 2 is 1.21 bits per heavy atom. The lowest BCUT2D eigenvalue weighted by Gasteiger charge is -2.07. The van der Waals surface area contributed by atoms with Crippen LogP contribution in [0.3, 0.4) is 0 Å². The standard InChI is InChI=1S/C13H14O6/c1-4-19-13(16)10-6-8(11(14)17-2)5-9(7-10)12(15)18-3/h5-7H,4H2,1-3H3. The van der Waals surface area contributed by atoms with E-state index in [4.69, 9.17) is 4.74 Å². The van der Waals surface area contributed by atoms with Crippen LogP contribution in [-0.4, -0.2) is 38.7 Å². The Balaban J connectivity index is 3.27. The van der Waals surface area contributed by atoms with Gasteiger partial charge in [0.05, 0.1) is 37.5 Å². The summed E-state index contributed by atoms with van der Waals surface area (Å²) < 4.78 is 13.9. The lowest BCUT2D eigenvalue weighted by molar-refractivity contribution is 0.0526. The van der Waals surface area contributed by atoms with E-state index >= 15 is 0 Å². The van der Waals surface area contributed by atoms with Gasteiger partial charge in [0.1, 0.15) is 0 Å². The average Bonchev–Trinajstić information content (AvgIpc) is 2.45. The second-order valence-corrected chi connectivity index (χ2v) is 3.50. The number of methoxy groups -OCH3 is 2. The summed E-state index contributed by atoms with van der Waals surface area (Å²) in [5.41, 5.74) is 0.243. The van der Waals surface area contributed by atoms with Crippen LogP contribution in [0.1, 0.15) is 38.0 Å². The van der Waals surface area contributed by atoms with Gasteiger partial charge in [0.25, 0.3) is 0 Å². The molecule has 0 aliphatic heterocycles. The maximum absolute atomic E-state index is 11.6. The molecule has 0 radical (unpaired) electrons. The fourth-order valence-corrected chi connectivity index (χ4v) is 1.43. The number of ether oxygens (including phenoxy) is 3. The van der Waals surface area contributed by atoms with Crippen molar-refractivity contribution in [3.8, 4) is 0 Å². The quantitative estimate of drug-likeness (QED) is 0.606. The molecule has 0 spiro atoms. The molecule has 1 aromatic rings. The van der Waals surface area contributed by atoms with E-state index in [0.29, 0.717) is 0 Å². The third-order valence-electron chi connectivity index (χ3n) is 2.29. The number of benzene rings is 1. The number of rotatable bonds is 4. The Morgan fingerprint density at radius 3 is 1.53 bits per heavy atom. The van der Waals surface area contributed by atoms with Gasteiger partial charge in [-0.25, -0.2) is 14.4 Å². The molecule has 0 aliphatic rings. The van der Waals surface area contributed by atoms with Gasteiger partial charge in [0.15, 0.2) is 0 Å². The number of carbonyl (C=O) groups excluding carboxylic acids is 3. The van der Waals surface area contributed by atoms with Crippen LogP contribution in [0.2, 0.25) is 0 Å². The number of hydrogen-bond acceptors (Lipinski definition) is 6. The second kappa shape index (κ2) is 6.53. The fourth-order valence-electron chi connectivity index (χ4n) is 1.43. The lowest BCUT2D eigenvalue weighted by atomic mass is 10.1. The smallest absolute Gasteiger partial charge is 0.338 e. The summed E-state index contributed by atoms with van der Waals surface area (Å²) >= 11 is 0. The molecule has 0 saturated carbocycles. The molecular formula is C13H14O6. The van der Waals surface area contributed by atoms with E-state index in [1.54, 1.807) is 6.92 Å². The normalized spacial score (nSPS) is 9.63. The summed E-state index contributed by atoms with van der Waals surface area (Å²) in [6.07, 6.45) is 0. The van der Waals surface area contributed by atoms with Gasteiger partial charge in [0.2, 0.25) is 0 Å². The van der Waals surface area contributed by atoms with Gasteiger partial charge in [-0.3, -0.25) is 0 Å². The monoisotopic (exact) mass is 266 g/mol. The molecule has 0 aromatic heterocycles. The maximum atomic E-state index is 11.6. The molecule has 0 fully saturated rings. The molecule has 0 amide bonds. The fraction of sp³-hybridized carbons (Fsp3) is 0.308. The SMILES string of the molecule is CCOC(=O)c1cc(C(=O)OC)cc(C(=O)OC)c1. The molecule has 0 bridgehead atoms. The van der Waals surface area contributed by atoms with E-state index in [1.165, 1.54) is 32.4 Å². The van der Waals surface area contributed by atoms with Gasteiger partial charge in [-0.2, -0.15) is 0 Å². The highest BCUT2D eigenvalue weighted by Crippen LogP contribution is 2.14. The van der Waals surface area contributed by atoms with Crippen molar-refractivity contribution >= 4 is 17.9 Å². The highest BCUT2D eigenvalue weighted by molar-refractivity contribution is 6.00. The van der Waals surface area contributed by atoms with Gasteiger partial charge in [-0.05, 0) is 25.1 Å².